The smallest absolute Gasteiger partial charge is 0.314 e. The van der Waals surface area contributed by atoms with Crippen LogP contribution in [0.25, 0.3) is 0 Å². The van der Waals surface area contributed by atoms with Gasteiger partial charge in [0, 0.05) is 43.5 Å². The highest BCUT2D eigenvalue weighted by atomic mass is 35.5. The van der Waals surface area contributed by atoms with Crippen LogP contribution in [0.1, 0.15) is 23.8 Å². The van der Waals surface area contributed by atoms with E-state index in [9.17, 15) is 13.2 Å². The molecule has 1 aromatic heterocycles. The Bertz CT molecular complexity index is 402. The van der Waals surface area contributed by atoms with Crippen LogP contribution in [0.3, 0.4) is 0 Å². The van der Waals surface area contributed by atoms with Crippen LogP contribution in [-0.4, -0.2) is 37.3 Å². The molecular formula is C12H16ClF3N2S. The van der Waals surface area contributed by atoms with E-state index < -0.39 is 12.6 Å². The molecule has 2 nitrogen and oxygen atoms in total. The van der Waals surface area contributed by atoms with E-state index in [1.54, 1.807) is 6.07 Å². The largest absolute Gasteiger partial charge is 0.389 e. The quantitative estimate of drug-likeness (QED) is 0.912. The number of nitrogens with zero attached hydrogens (tertiary/aromatic N) is 1. The molecule has 19 heavy (non-hydrogen) atoms. The van der Waals surface area contributed by atoms with Gasteiger partial charge in [-0.05, 0) is 18.6 Å². The zero-order valence-corrected chi connectivity index (χ0v) is 11.9. The zero-order chi connectivity index (χ0) is 13.9. The molecular weight excluding hydrogens is 297 g/mol. The first kappa shape index (κ1) is 15.1. The summed E-state index contributed by atoms with van der Waals surface area (Å²) >= 11 is 7.27. The van der Waals surface area contributed by atoms with Crippen LogP contribution >= 0.6 is 22.9 Å². The van der Waals surface area contributed by atoms with Crippen LogP contribution in [0.2, 0.25) is 4.34 Å². The molecule has 7 heteroatoms. The van der Waals surface area contributed by atoms with Crippen LogP contribution in [0, 0.1) is 0 Å². The Morgan fingerprint density at radius 1 is 1.32 bits per heavy atom. The van der Waals surface area contributed by atoms with Gasteiger partial charge in [-0.3, -0.25) is 4.90 Å². The van der Waals surface area contributed by atoms with Crippen molar-refractivity contribution in [3.63, 3.8) is 0 Å². The van der Waals surface area contributed by atoms with Gasteiger partial charge in [-0.1, -0.05) is 11.6 Å². The maximum atomic E-state index is 12.5. The van der Waals surface area contributed by atoms with Crippen LogP contribution in [0.15, 0.2) is 12.1 Å². The van der Waals surface area contributed by atoms with Gasteiger partial charge in [0.05, 0.1) is 4.34 Å². The molecule has 1 aliphatic heterocycles. The van der Waals surface area contributed by atoms with E-state index in [1.807, 2.05) is 6.07 Å². The number of thiophene rings is 1. The van der Waals surface area contributed by atoms with E-state index >= 15 is 0 Å². The van der Waals surface area contributed by atoms with Crippen molar-refractivity contribution in [2.45, 2.75) is 25.1 Å². The van der Waals surface area contributed by atoms with Gasteiger partial charge in [0.25, 0.3) is 0 Å². The third-order valence-electron chi connectivity index (χ3n) is 3.22. The van der Waals surface area contributed by atoms with Crippen LogP contribution in [-0.2, 0) is 0 Å². The first-order valence-electron chi connectivity index (χ1n) is 6.22. The van der Waals surface area contributed by atoms with Gasteiger partial charge in [-0.15, -0.1) is 11.3 Å². The van der Waals surface area contributed by atoms with Crippen LogP contribution in [0.5, 0.6) is 0 Å². The van der Waals surface area contributed by atoms with Gasteiger partial charge in [-0.25, -0.2) is 0 Å². The predicted octanol–water partition coefficient (Wildman–Crippen LogP) is 3.69. The third-order valence-corrected chi connectivity index (χ3v) is 4.55. The predicted molar refractivity (Wildman–Crippen MR) is 71.8 cm³/mol. The minimum absolute atomic E-state index is 0.0976. The summed E-state index contributed by atoms with van der Waals surface area (Å²) < 4.78 is 38.0. The Hall–Kier alpha value is -0.300. The number of alkyl halides is 3. The molecule has 1 aromatic rings. The summed E-state index contributed by atoms with van der Waals surface area (Å²) in [5.41, 5.74) is 0. The summed E-state index contributed by atoms with van der Waals surface area (Å²) in [7, 11) is 0. The maximum Gasteiger partial charge on any atom is 0.389 e. The van der Waals surface area contributed by atoms with Gasteiger partial charge in [0.15, 0.2) is 0 Å². The molecule has 0 radical (unpaired) electrons. The SMILES string of the molecule is FC(F)(F)CC[C@H](c1ccc(Cl)s1)N1CCNCC1. The summed E-state index contributed by atoms with van der Waals surface area (Å²) in [4.78, 5) is 3.04. The highest BCUT2D eigenvalue weighted by molar-refractivity contribution is 7.16. The lowest BCUT2D eigenvalue weighted by Crippen LogP contribution is -2.45. The molecule has 1 fully saturated rings. The van der Waals surface area contributed by atoms with E-state index in [0.29, 0.717) is 4.34 Å². The second kappa shape index (κ2) is 6.43. The maximum absolute atomic E-state index is 12.5. The molecule has 0 amide bonds. The van der Waals surface area contributed by atoms with Crippen LogP contribution in [0.4, 0.5) is 13.2 Å². The topological polar surface area (TPSA) is 15.3 Å². The van der Waals surface area contributed by atoms with E-state index in [1.165, 1.54) is 11.3 Å². The third kappa shape index (κ3) is 4.63. The average molecular weight is 313 g/mol. The Balaban J connectivity index is 2.08. The van der Waals surface area contributed by atoms with Crippen molar-refractivity contribution in [3.05, 3.63) is 21.3 Å². The van der Waals surface area contributed by atoms with E-state index in [-0.39, 0.29) is 12.5 Å². The Morgan fingerprint density at radius 3 is 2.53 bits per heavy atom. The van der Waals surface area contributed by atoms with Crippen molar-refractivity contribution in [2.75, 3.05) is 26.2 Å². The molecule has 2 heterocycles. The molecule has 0 saturated carbocycles. The Morgan fingerprint density at radius 2 is 2.00 bits per heavy atom. The molecule has 0 spiro atoms. The average Bonchev–Trinajstić information content (AvgIpc) is 2.76. The van der Waals surface area contributed by atoms with Crippen molar-refractivity contribution in [1.82, 2.24) is 10.2 Å². The number of piperazine rings is 1. The van der Waals surface area contributed by atoms with E-state index in [0.717, 1.165) is 31.1 Å². The number of nitrogens with one attached hydrogen (secondary N) is 1. The molecule has 0 aliphatic carbocycles. The van der Waals surface area contributed by atoms with Gasteiger partial charge in [0.2, 0.25) is 0 Å². The number of hydrogen-bond donors (Lipinski definition) is 1. The first-order valence-corrected chi connectivity index (χ1v) is 7.42. The highest BCUT2D eigenvalue weighted by Crippen LogP contribution is 2.36. The Kier molecular flexibility index (Phi) is 5.11. The summed E-state index contributed by atoms with van der Waals surface area (Å²) in [5.74, 6) is 0. The number of hydrogen-bond acceptors (Lipinski definition) is 3. The van der Waals surface area contributed by atoms with Crippen molar-refractivity contribution in [1.29, 1.82) is 0 Å². The fraction of sp³-hybridized carbons (Fsp3) is 0.667. The van der Waals surface area contributed by atoms with Gasteiger partial charge < -0.3 is 5.32 Å². The van der Waals surface area contributed by atoms with Crippen molar-refractivity contribution < 1.29 is 13.2 Å². The number of halogens is 4. The molecule has 2 rings (SSSR count). The second-order valence-electron chi connectivity index (χ2n) is 4.60. The van der Waals surface area contributed by atoms with Gasteiger partial charge >= 0.3 is 6.18 Å². The lowest BCUT2D eigenvalue weighted by atomic mass is 10.1. The van der Waals surface area contributed by atoms with E-state index in [4.69, 9.17) is 11.6 Å². The molecule has 0 unspecified atom stereocenters. The molecule has 0 aromatic carbocycles. The monoisotopic (exact) mass is 312 g/mol. The molecule has 1 aliphatic rings. The van der Waals surface area contributed by atoms with Crippen molar-refractivity contribution in [3.8, 4) is 0 Å². The lowest BCUT2D eigenvalue weighted by molar-refractivity contribution is -0.138. The fourth-order valence-corrected chi connectivity index (χ4v) is 3.54. The molecule has 1 atom stereocenters. The fourth-order valence-electron chi connectivity index (χ4n) is 2.31. The standard InChI is InChI=1S/C12H16ClF3N2S/c13-11-2-1-10(19-11)9(3-4-12(14,15)16)18-7-5-17-6-8-18/h1-2,9,17H,3-8H2/t9-/m1/s1. The van der Waals surface area contributed by atoms with Gasteiger partial charge in [-0.2, -0.15) is 13.2 Å². The van der Waals surface area contributed by atoms with Crippen molar-refractivity contribution in [2.24, 2.45) is 0 Å². The van der Waals surface area contributed by atoms with E-state index in [2.05, 4.69) is 10.2 Å². The first-order chi connectivity index (χ1) is 8.96. The zero-order valence-electron chi connectivity index (χ0n) is 10.3. The van der Waals surface area contributed by atoms with Crippen molar-refractivity contribution >= 4 is 22.9 Å². The summed E-state index contributed by atoms with van der Waals surface area (Å²) in [5, 5.41) is 3.21. The minimum atomic E-state index is -4.10. The Labute approximate surface area is 119 Å². The molecule has 108 valence electrons. The summed E-state index contributed by atoms with van der Waals surface area (Å²) in [6.07, 6.45) is -4.76. The molecule has 0 bridgehead atoms. The van der Waals surface area contributed by atoms with Gasteiger partial charge in [0.1, 0.15) is 0 Å². The summed E-state index contributed by atoms with van der Waals surface area (Å²) in [6.45, 7) is 3.19. The molecule has 1 saturated heterocycles. The van der Waals surface area contributed by atoms with Crippen LogP contribution < -0.4 is 5.32 Å². The lowest BCUT2D eigenvalue weighted by Gasteiger charge is -2.34. The highest BCUT2D eigenvalue weighted by Gasteiger charge is 2.31. The normalized spacial score (nSPS) is 19.6. The molecule has 1 N–H and O–H groups in total. The minimum Gasteiger partial charge on any atom is -0.314 e. The summed E-state index contributed by atoms with van der Waals surface area (Å²) in [6, 6.07) is 3.42. The second-order valence-corrected chi connectivity index (χ2v) is 6.34. The number of rotatable bonds is 4.